The Kier molecular flexibility index (Phi) is 7.63. The standard InChI is InChI=1S/C57H41NOSi/c1-57(2)51-23-10-6-19-45(51)46-33-31-41(36-52(46)57)58(42-32-34-48-47-20-7-11-24-53(47)59-54(48)37-42)40-29-27-38(28-30-40)39-15-14-18-44(35-39)60(43-16-4-3-5-17-43)55-25-12-8-21-49(55)50-22-9-13-26-56(50)60/h3-37H,1-2H3. The first kappa shape index (κ1) is 34.8. The van der Waals surface area contributed by atoms with Crippen LogP contribution in [-0.2, 0) is 5.41 Å². The minimum atomic E-state index is -2.60. The number of anilines is 3. The molecule has 0 fully saturated rings. The topological polar surface area (TPSA) is 16.4 Å². The van der Waals surface area contributed by atoms with Gasteiger partial charge >= 0.3 is 0 Å². The van der Waals surface area contributed by atoms with Crippen molar-refractivity contribution in [3.05, 3.63) is 223 Å². The first-order valence-electron chi connectivity index (χ1n) is 20.9. The Morgan fingerprint density at radius 1 is 0.383 bits per heavy atom. The Morgan fingerprint density at radius 3 is 1.75 bits per heavy atom. The average molecular weight is 784 g/mol. The van der Waals surface area contributed by atoms with Crippen molar-refractivity contribution in [3.8, 4) is 33.4 Å². The van der Waals surface area contributed by atoms with Gasteiger partial charge in [0.25, 0.3) is 0 Å². The van der Waals surface area contributed by atoms with Gasteiger partial charge in [-0.3, -0.25) is 0 Å². The van der Waals surface area contributed by atoms with Crippen LogP contribution < -0.4 is 25.6 Å². The van der Waals surface area contributed by atoms with Crippen molar-refractivity contribution in [3.63, 3.8) is 0 Å². The zero-order valence-electron chi connectivity index (χ0n) is 33.6. The lowest BCUT2D eigenvalue weighted by molar-refractivity contribution is 0.660. The number of benzene rings is 9. The minimum Gasteiger partial charge on any atom is -0.456 e. The fraction of sp³-hybridized carbons (Fsp3) is 0.0526. The summed E-state index contributed by atoms with van der Waals surface area (Å²) >= 11 is 0. The molecule has 2 nitrogen and oxygen atoms in total. The highest BCUT2D eigenvalue weighted by molar-refractivity contribution is 7.22. The molecule has 1 aliphatic carbocycles. The van der Waals surface area contributed by atoms with Crippen LogP contribution in [0.4, 0.5) is 17.1 Å². The van der Waals surface area contributed by atoms with Gasteiger partial charge in [-0.1, -0.05) is 178 Å². The molecule has 0 amide bonds. The summed E-state index contributed by atoms with van der Waals surface area (Å²) in [6.07, 6.45) is 0. The van der Waals surface area contributed by atoms with E-state index in [1.807, 2.05) is 6.07 Å². The quantitative estimate of drug-likeness (QED) is 0.156. The number of para-hydroxylation sites is 1. The van der Waals surface area contributed by atoms with Crippen LogP contribution >= 0.6 is 0 Å². The van der Waals surface area contributed by atoms with E-state index >= 15 is 0 Å². The second kappa shape index (κ2) is 13.2. The lowest BCUT2D eigenvalue weighted by atomic mass is 9.82. The number of rotatable bonds is 6. The monoisotopic (exact) mass is 783 g/mol. The number of hydrogen-bond acceptors (Lipinski definition) is 2. The van der Waals surface area contributed by atoms with E-state index < -0.39 is 8.07 Å². The molecule has 0 bridgehead atoms. The van der Waals surface area contributed by atoms with E-state index in [9.17, 15) is 0 Å². The van der Waals surface area contributed by atoms with Gasteiger partial charge in [0.1, 0.15) is 11.2 Å². The maximum absolute atomic E-state index is 6.46. The third kappa shape index (κ3) is 5.00. The molecule has 0 unspecified atom stereocenters. The second-order valence-electron chi connectivity index (χ2n) is 16.8. The van der Waals surface area contributed by atoms with E-state index in [1.165, 1.54) is 65.3 Å². The van der Waals surface area contributed by atoms with Gasteiger partial charge in [0.05, 0.1) is 0 Å². The molecule has 2 heterocycles. The molecule has 60 heavy (non-hydrogen) atoms. The molecule has 3 heteroatoms. The molecule has 10 aromatic rings. The number of fused-ring (bicyclic) bond motifs is 9. The third-order valence-corrected chi connectivity index (χ3v) is 18.2. The smallest absolute Gasteiger partial charge is 0.180 e. The molecule has 12 rings (SSSR count). The fourth-order valence-electron chi connectivity index (χ4n) is 10.6. The lowest BCUT2D eigenvalue weighted by Crippen LogP contribution is -2.72. The summed E-state index contributed by atoms with van der Waals surface area (Å²) in [5.74, 6) is 0. The Hall–Kier alpha value is -7.20. The molecule has 284 valence electrons. The van der Waals surface area contributed by atoms with E-state index in [4.69, 9.17) is 4.42 Å². The van der Waals surface area contributed by atoms with Crippen molar-refractivity contribution in [1.29, 1.82) is 0 Å². The maximum Gasteiger partial charge on any atom is 0.180 e. The zero-order valence-corrected chi connectivity index (χ0v) is 34.6. The number of furan rings is 1. The molecule has 1 aliphatic heterocycles. The molecular formula is C57H41NOSi. The number of nitrogens with zero attached hydrogens (tertiary/aromatic N) is 1. The summed E-state index contributed by atoms with van der Waals surface area (Å²) < 4.78 is 6.46. The van der Waals surface area contributed by atoms with Gasteiger partial charge in [0, 0.05) is 39.3 Å². The van der Waals surface area contributed by atoms with Crippen molar-refractivity contribution in [2.75, 3.05) is 4.90 Å². The Bertz CT molecular complexity index is 3260. The summed E-state index contributed by atoms with van der Waals surface area (Å²) in [6.45, 7) is 4.70. The van der Waals surface area contributed by atoms with E-state index in [1.54, 1.807) is 0 Å². The summed E-state index contributed by atoms with van der Waals surface area (Å²) in [5, 5.41) is 7.99. The van der Waals surface area contributed by atoms with Crippen LogP contribution in [0.3, 0.4) is 0 Å². The molecule has 0 saturated carbocycles. The van der Waals surface area contributed by atoms with Crippen LogP contribution in [-0.4, -0.2) is 8.07 Å². The van der Waals surface area contributed by atoms with Crippen molar-refractivity contribution < 1.29 is 4.42 Å². The predicted octanol–water partition coefficient (Wildman–Crippen LogP) is 12.4. The van der Waals surface area contributed by atoms with Crippen molar-refractivity contribution in [1.82, 2.24) is 0 Å². The van der Waals surface area contributed by atoms with Crippen molar-refractivity contribution in [2.24, 2.45) is 0 Å². The van der Waals surface area contributed by atoms with Gasteiger partial charge in [-0.05, 0) is 108 Å². The first-order chi connectivity index (χ1) is 29.5. The molecule has 0 N–H and O–H groups in total. The summed E-state index contributed by atoms with van der Waals surface area (Å²) in [7, 11) is -2.60. The van der Waals surface area contributed by atoms with Gasteiger partial charge < -0.3 is 9.32 Å². The van der Waals surface area contributed by atoms with Gasteiger partial charge in [-0.2, -0.15) is 0 Å². The summed E-state index contributed by atoms with van der Waals surface area (Å²) in [6, 6.07) is 78.8. The van der Waals surface area contributed by atoms with Crippen LogP contribution in [0.15, 0.2) is 217 Å². The van der Waals surface area contributed by atoms with E-state index in [2.05, 4.69) is 225 Å². The molecule has 0 atom stereocenters. The van der Waals surface area contributed by atoms with Gasteiger partial charge in [-0.15, -0.1) is 0 Å². The fourth-order valence-corrected chi connectivity index (χ4v) is 15.8. The minimum absolute atomic E-state index is 0.119. The Labute approximate surface area is 351 Å². The molecule has 0 spiro atoms. The van der Waals surface area contributed by atoms with Crippen molar-refractivity contribution >= 4 is 67.8 Å². The van der Waals surface area contributed by atoms with Crippen molar-refractivity contribution in [2.45, 2.75) is 19.3 Å². The molecule has 1 aromatic heterocycles. The summed E-state index contributed by atoms with van der Waals surface area (Å²) in [5.41, 5.74) is 15.4. The molecular weight excluding hydrogens is 743 g/mol. The zero-order chi connectivity index (χ0) is 40.0. The summed E-state index contributed by atoms with van der Waals surface area (Å²) in [4.78, 5) is 2.38. The van der Waals surface area contributed by atoms with Crippen LogP contribution in [0.5, 0.6) is 0 Å². The average Bonchev–Trinajstić information content (AvgIpc) is 3.91. The van der Waals surface area contributed by atoms with E-state index in [-0.39, 0.29) is 5.41 Å². The number of hydrogen-bond donors (Lipinski definition) is 0. The molecule has 9 aromatic carbocycles. The molecule has 2 aliphatic rings. The highest BCUT2D eigenvalue weighted by Crippen LogP contribution is 2.51. The third-order valence-electron chi connectivity index (χ3n) is 13.4. The van der Waals surface area contributed by atoms with Gasteiger partial charge in [0.15, 0.2) is 8.07 Å². The largest absolute Gasteiger partial charge is 0.456 e. The second-order valence-corrected chi connectivity index (χ2v) is 20.6. The predicted molar refractivity (Wildman–Crippen MR) is 254 cm³/mol. The van der Waals surface area contributed by atoms with E-state index in [0.717, 1.165) is 39.0 Å². The highest BCUT2D eigenvalue weighted by Gasteiger charge is 2.48. The molecule has 0 saturated heterocycles. The normalized spacial score (nSPS) is 14.1. The first-order valence-corrected chi connectivity index (χ1v) is 22.9. The van der Waals surface area contributed by atoms with Gasteiger partial charge in [-0.25, -0.2) is 0 Å². The van der Waals surface area contributed by atoms with Crippen LogP contribution in [0, 0.1) is 0 Å². The van der Waals surface area contributed by atoms with Gasteiger partial charge in [0.2, 0.25) is 0 Å². The lowest BCUT2D eigenvalue weighted by Gasteiger charge is -2.31. The Morgan fingerprint density at radius 2 is 0.967 bits per heavy atom. The Balaban J connectivity index is 0.994. The molecule has 0 radical (unpaired) electrons. The van der Waals surface area contributed by atoms with Crippen LogP contribution in [0.1, 0.15) is 25.0 Å². The van der Waals surface area contributed by atoms with E-state index in [0.29, 0.717) is 0 Å². The SMILES string of the molecule is CC1(C)c2ccccc2-c2ccc(N(c3ccc(-c4cccc([Si]5(c6ccccc6)c6ccccc6-c6ccccc65)c4)cc3)c3ccc4c(c3)oc3ccccc34)cc21. The highest BCUT2D eigenvalue weighted by atomic mass is 28.3. The van der Waals surface area contributed by atoms with Crippen LogP contribution in [0.25, 0.3) is 55.3 Å². The maximum atomic E-state index is 6.46. The van der Waals surface area contributed by atoms with Crippen LogP contribution in [0.2, 0.25) is 0 Å².